The lowest BCUT2D eigenvalue weighted by Gasteiger charge is -2.20. The van der Waals surface area contributed by atoms with Gasteiger partial charge in [0.1, 0.15) is 13.2 Å². The molecular weight excluding hydrogens is 230 g/mol. The third-order valence-electron chi connectivity index (χ3n) is 2.83. The van der Waals surface area contributed by atoms with Gasteiger partial charge in [0.15, 0.2) is 11.5 Å². The fourth-order valence-electron chi connectivity index (χ4n) is 1.88. The second kappa shape index (κ2) is 6.42. The monoisotopic (exact) mass is 249 g/mol. The Hall–Kier alpha value is -1.52. The maximum atomic E-state index is 10.1. The molecule has 0 fully saturated rings. The zero-order valence-electron chi connectivity index (χ0n) is 10.4. The molecule has 1 unspecified atom stereocenters. The van der Waals surface area contributed by atoms with E-state index >= 15 is 0 Å². The molecule has 1 aromatic carbocycles. The average molecular weight is 249 g/mol. The van der Waals surface area contributed by atoms with Crippen LogP contribution in [0.15, 0.2) is 30.9 Å². The Morgan fingerprint density at radius 1 is 1.33 bits per heavy atom. The SMILES string of the molecule is C=CCNCCC(O)c1ccc2c(c1)OCCO2. The maximum Gasteiger partial charge on any atom is 0.161 e. The van der Waals surface area contributed by atoms with Gasteiger partial charge in [-0.05, 0) is 30.7 Å². The van der Waals surface area contributed by atoms with Gasteiger partial charge in [0.25, 0.3) is 0 Å². The van der Waals surface area contributed by atoms with E-state index in [-0.39, 0.29) is 0 Å². The number of ether oxygens (including phenoxy) is 2. The van der Waals surface area contributed by atoms with E-state index in [9.17, 15) is 5.11 Å². The van der Waals surface area contributed by atoms with Crippen molar-refractivity contribution in [2.45, 2.75) is 12.5 Å². The summed E-state index contributed by atoms with van der Waals surface area (Å²) >= 11 is 0. The van der Waals surface area contributed by atoms with E-state index < -0.39 is 6.10 Å². The predicted octanol–water partition coefficient (Wildman–Crippen LogP) is 1.66. The first-order valence-electron chi connectivity index (χ1n) is 6.20. The molecular formula is C14H19NO3. The summed E-state index contributed by atoms with van der Waals surface area (Å²) in [6.07, 6.45) is 1.97. The molecule has 0 aliphatic carbocycles. The zero-order valence-corrected chi connectivity index (χ0v) is 10.4. The van der Waals surface area contributed by atoms with Gasteiger partial charge < -0.3 is 19.9 Å². The quantitative estimate of drug-likeness (QED) is 0.594. The molecule has 0 amide bonds. The van der Waals surface area contributed by atoms with Gasteiger partial charge in [0, 0.05) is 6.54 Å². The van der Waals surface area contributed by atoms with Gasteiger partial charge in [-0.15, -0.1) is 6.58 Å². The summed E-state index contributed by atoms with van der Waals surface area (Å²) in [6, 6.07) is 5.59. The molecule has 18 heavy (non-hydrogen) atoms. The Bertz CT molecular complexity index is 406. The van der Waals surface area contributed by atoms with Crippen LogP contribution in [0.2, 0.25) is 0 Å². The standard InChI is InChI=1S/C14H19NO3/c1-2-6-15-7-5-12(16)11-3-4-13-14(10-11)18-9-8-17-13/h2-4,10,12,15-16H,1,5-9H2. The number of aliphatic hydroxyl groups excluding tert-OH is 1. The zero-order chi connectivity index (χ0) is 12.8. The summed E-state index contributed by atoms with van der Waals surface area (Å²) in [5.41, 5.74) is 0.861. The first kappa shape index (κ1) is 12.9. The molecule has 0 aromatic heterocycles. The van der Waals surface area contributed by atoms with Crippen LogP contribution in [-0.4, -0.2) is 31.4 Å². The van der Waals surface area contributed by atoms with Crippen LogP contribution in [0.5, 0.6) is 11.5 Å². The fraction of sp³-hybridized carbons (Fsp3) is 0.429. The molecule has 2 N–H and O–H groups in total. The Kier molecular flexibility index (Phi) is 4.61. The molecule has 98 valence electrons. The van der Waals surface area contributed by atoms with E-state index in [0.717, 1.165) is 30.2 Å². The van der Waals surface area contributed by atoms with Gasteiger partial charge in [-0.2, -0.15) is 0 Å². The fourth-order valence-corrected chi connectivity index (χ4v) is 1.88. The number of aliphatic hydroxyl groups is 1. The Labute approximate surface area is 107 Å². The van der Waals surface area contributed by atoms with Crippen molar-refractivity contribution in [1.82, 2.24) is 5.32 Å². The molecule has 1 heterocycles. The van der Waals surface area contributed by atoms with Crippen molar-refractivity contribution in [2.24, 2.45) is 0 Å². The van der Waals surface area contributed by atoms with Gasteiger partial charge in [-0.3, -0.25) is 0 Å². The molecule has 4 nitrogen and oxygen atoms in total. The second-order valence-electron chi connectivity index (χ2n) is 4.20. The van der Waals surface area contributed by atoms with Crippen molar-refractivity contribution in [3.8, 4) is 11.5 Å². The van der Waals surface area contributed by atoms with Crippen molar-refractivity contribution < 1.29 is 14.6 Å². The average Bonchev–Trinajstić information content (AvgIpc) is 2.43. The highest BCUT2D eigenvalue weighted by molar-refractivity contribution is 5.44. The van der Waals surface area contributed by atoms with Crippen LogP contribution in [-0.2, 0) is 0 Å². The molecule has 0 spiro atoms. The minimum Gasteiger partial charge on any atom is -0.486 e. The number of rotatable bonds is 6. The van der Waals surface area contributed by atoms with E-state index in [1.165, 1.54) is 0 Å². The van der Waals surface area contributed by atoms with Gasteiger partial charge in [0.2, 0.25) is 0 Å². The molecule has 1 aromatic rings. The lowest BCUT2D eigenvalue weighted by atomic mass is 10.1. The van der Waals surface area contributed by atoms with E-state index in [4.69, 9.17) is 9.47 Å². The van der Waals surface area contributed by atoms with Gasteiger partial charge in [-0.25, -0.2) is 0 Å². The van der Waals surface area contributed by atoms with Crippen molar-refractivity contribution in [1.29, 1.82) is 0 Å². The first-order valence-corrected chi connectivity index (χ1v) is 6.20. The van der Waals surface area contributed by atoms with Crippen LogP contribution in [0.1, 0.15) is 18.1 Å². The Balaban J connectivity index is 1.93. The lowest BCUT2D eigenvalue weighted by Crippen LogP contribution is -2.18. The van der Waals surface area contributed by atoms with Crippen LogP contribution in [0, 0.1) is 0 Å². The van der Waals surface area contributed by atoms with E-state index in [0.29, 0.717) is 19.6 Å². The molecule has 1 aliphatic rings. The van der Waals surface area contributed by atoms with Crippen LogP contribution in [0.4, 0.5) is 0 Å². The minimum atomic E-state index is -0.488. The number of fused-ring (bicyclic) bond motifs is 1. The number of hydrogen-bond acceptors (Lipinski definition) is 4. The third kappa shape index (κ3) is 3.24. The number of benzene rings is 1. The highest BCUT2D eigenvalue weighted by Crippen LogP contribution is 2.33. The van der Waals surface area contributed by atoms with Crippen molar-refractivity contribution in [2.75, 3.05) is 26.3 Å². The van der Waals surface area contributed by atoms with Crippen LogP contribution < -0.4 is 14.8 Å². The topological polar surface area (TPSA) is 50.7 Å². The predicted molar refractivity (Wildman–Crippen MR) is 70.1 cm³/mol. The van der Waals surface area contributed by atoms with Crippen LogP contribution in [0.3, 0.4) is 0 Å². The van der Waals surface area contributed by atoms with E-state index in [1.807, 2.05) is 18.2 Å². The highest BCUT2D eigenvalue weighted by atomic mass is 16.6. The molecule has 1 atom stereocenters. The Morgan fingerprint density at radius 3 is 2.89 bits per heavy atom. The summed E-state index contributed by atoms with van der Waals surface area (Å²) in [5.74, 6) is 1.47. The highest BCUT2D eigenvalue weighted by Gasteiger charge is 2.14. The van der Waals surface area contributed by atoms with E-state index in [2.05, 4.69) is 11.9 Å². The summed E-state index contributed by atoms with van der Waals surface area (Å²) < 4.78 is 10.9. The lowest BCUT2D eigenvalue weighted by molar-refractivity contribution is 0.159. The largest absolute Gasteiger partial charge is 0.486 e. The van der Waals surface area contributed by atoms with Crippen molar-refractivity contribution >= 4 is 0 Å². The van der Waals surface area contributed by atoms with E-state index in [1.54, 1.807) is 6.08 Å². The first-order chi connectivity index (χ1) is 8.81. The molecule has 2 rings (SSSR count). The summed E-state index contributed by atoms with van der Waals surface area (Å²) in [5, 5.41) is 13.2. The van der Waals surface area contributed by atoms with Crippen LogP contribution >= 0.6 is 0 Å². The summed E-state index contributed by atoms with van der Waals surface area (Å²) in [4.78, 5) is 0. The molecule has 0 bridgehead atoms. The molecule has 4 heteroatoms. The van der Waals surface area contributed by atoms with Gasteiger partial charge >= 0.3 is 0 Å². The number of nitrogens with one attached hydrogen (secondary N) is 1. The van der Waals surface area contributed by atoms with Crippen LogP contribution in [0.25, 0.3) is 0 Å². The Morgan fingerprint density at radius 2 is 2.11 bits per heavy atom. The normalized spacial score (nSPS) is 15.2. The second-order valence-corrected chi connectivity index (χ2v) is 4.20. The maximum absolute atomic E-state index is 10.1. The van der Waals surface area contributed by atoms with Crippen molar-refractivity contribution in [3.05, 3.63) is 36.4 Å². The summed E-state index contributed by atoms with van der Waals surface area (Å²) in [6.45, 7) is 6.28. The molecule has 0 saturated heterocycles. The molecule has 0 radical (unpaired) electrons. The molecule has 1 aliphatic heterocycles. The number of hydrogen-bond donors (Lipinski definition) is 2. The summed E-state index contributed by atoms with van der Waals surface area (Å²) in [7, 11) is 0. The smallest absolute Gasteiger partial charge is 0.161 e. The van der Waals surface area contributed by atoms with Gasteiger partial charge in [-0.1, -0.05) is 12.1 Å². The minimum absolute atomic E-state index is 0.488. The third-order valence-corrected chi connectivity index (χ3v) is 2.83. The molecule has 0 saturated carbocycles. The van der Waals surface area contributed by atoms with Crippen molar-refractivity contribution in [3.63, 3.8) is 0 Å². The van der Waals surface area contributed by atoms with Gasteiger partial charge in [0.05, 0.1) is 6.10 Å².